The largest absolute Gasteiger partial charge is 0.491 e. The zero-order chi connectivity index (χ0) is 18.8. The first-order valence-corrected chi connectivity index (χ1v) is 9.71. The highest BCUT2D eigenvalue weighted by Crippen LogP contribution is 2.20. The smallest absolute Gasteiger partial charge is 0.191 e. The van der Waals surface area contributed by atoms with E-state index in [1.165, 1.54) is 15.3 Å². The van der Waals surface area contributed by atoms with Gasteiger partial charge < -0.3 is 20.1 Å². The SMILES string of the molecule is CCc1ccc(CNC(=NC)NCc2ccc(C)cc2OCCOC)s1. The molecule has 0 saturated heterocycles. The molecule has 26 heavy (non-hydrogen) atoms. The van der Waals surface area contributed by atoms with Crippen molar-refractivity contribution in [1.82, 2.24) is 10.6 Å². The van der Waals surface area contributed by atoms with Gasteiger partial charge in [-0.15, -0.1) is 11.3 Å². The van der Waals surface area contributed by atoms with Gasteiger partial charge in [0.15, 0.2) is 5.96 Å². The topological polar surface area (TPSA) is 54.9 Å². The molecule has 1 aromatic heterocycles. The average Bonchev–Trinajstić information content (AvgIpc) is 3.11. The van der Waals surface area contributed by atoms with E-state index < -0.39 is 0 Å². The number of aliphatic imine (C=N–C) groups is 1. The summed E-state index contributed by atoms with van der Waals surface area (Å²) in [5.74, 6) is 1.66. The molecule has 2 rings (SSSR count). The third-order valence-corrected chi connectivity index (χ3v) is 5.16. The summed E-state index contributed by atoms with van der Waals surface area (Å²) in [6.45, 7) is 6.77. The van der Waals surface area contributed by atoms with Crippen molar-refractivity contribution in [2.24, 2.45) is 4.99 Å². The summed E-state index contributed by atoms with van der Waals surface area (Å²) in [7, 11) is 3.46. The highest BCUT2D eigenvalue weighted by Gasteiger charge is 2.07. The molecule has 0 unspecified atom stereocenters. The zero-order valence-corrected chi connectivity index (χ0v) is 16.9. The highest BCUT2D eigenvalue weighted by molar-refractivity contribution is 7.11. The number of guanidine groups is 1. The lowest BCUT2D eigenvalue weighted by Crippen LogP contribution is -2.36. The Bertz CT molecular complexity index is 713. The maximum atomic E-state index is 5.85. The number of thiophene rings is 1. The van der Waals surface area contributed by atoms with Crippen LogP contribution in [0.1, 0.15) is 27.8 Å². The minimum atomic E-state index is 0.540. The molecule has 0 bridgehead atoms. The van der Waals surface area contributed by atoms with Gasteiger partial charge in [0, 0.05) is 36.0 Å². The van der Waals surface area contributed by atoms with Crippen LogP contribution < -0.4 is 15.4 Å². The lowest BCUT2D eigenvalue weighted by atomic mass is 10.1. The number of hydrogen-bond donors (Lipinski definition) is 2. The standard InChI is InChI=1S/C20H29N3O2S/c1-5-17-8-9-18(26-17)14-23-20(21-3)22-13-16-7-6-15(2)12-19(16)25-11-10-24-4/h6-9,12H,5,10-11,13-14H2,1-4H3,(H2,21,22,23). The van der Waals surface area contributed by atoms with Crippen molar-refractivity contribution < 1.29 is 9.47 Å². The van der Waals surface area contributed by atoms with Gasteiger partial charge in [-0.1, -0.05) is 19.1 Å². The Hall–Kier alpha value is -2.05. The molecule has 0 spiro atoms. The van der Waals surface area contributed by atoms with Crippen LogP contribution in [0.3, 0.4) is 0 Å². The number of benzene rings is 1. The Morgan fingerprint density at radius 1 is 1.08 bits per heavy atom. The van der Waals surface area contributed by atoms with Gasteiger partial charge in [0.1, 0.15) is 12.4 Å². The van der Waals surface area contributed by atoms with E-state index in [4.69, 9.17) is 9.47 Å². The van der Waals surface area contributed by atoms with Crippen LogP contribution in [-0.2, 0) is 24.2 Å². The molecule has 6 heteroatoms. The van der Waals surface area contributed by atoms with E-state index >= 15 is 0 Å². The zero-order valence-electron chi connectivity index (χ0n) is 16.1. The van der Waals surface area contributed by atoms with Crippen molar-refractivity contribution in [3.63, 3.8) is 0 Å². The highest BCUT2D eigenvalue weighted by atomic mass is 32.1. The van der Waals surface area contributed by atoms with Gasteiger partial charge in [0.2, 0.25) is 0 Å². The molecule has 0 saturated carbocycles. The van der Waals surface area contributed by atoms with Crippen LogP contribution in [0, 0.1) is 6.92 Å². The average molecular weight is 376 g/mol. The first kappa shape index (κ1) is 20.3. The quantitative estimate of drug-likeness (QED) is 0.400. The number of aryl methyl sites for hydroxylation is 2. The molecule has 1 heterocycles. The Balaban J connectivity index is 1.90. The van der Waals surface area contributed by atoms with E-state index in [2.05, 4.69) is 59.8 Å². The number of nitrogens with one attached hydrogen (secondary N) is 2. The third-order valence-electron chi connectivity index (χ3n) is 3.93. The molecular formula is C20H29N3O2S. The summed E-state index contributed by atoms with van der Waals surface area (Å²) in [6.07, 6.45) is 1.08. The summed E-state index contributed by atoms with van der Waals surface area (Å²) in [5.41, 5.74) is 2.27. The number of methoxy groups -OCH3 is 1. The van der Waals surface area contributed by atoms with Crippen molar-refractivity contribution in [3.8, 4) is 5.75 Å². The first-order chi connectivity index (χ1) is 12.7. The van der Waals surface area contributed by atoms with Crippen molar-refractivity contribution in [2.45, 2.75) is 33.4 Å². The van der Waals surface area contributed by atoms with E-state index in [9.17, 15) is 0 Å². The molecule has 5 nitrogen and oxygen atoms in total. The fraction of sp³-hybridized carbons (Fsp3) is 0.450. The lowest BCUT2D eigenvalue weighted by molar-refractivity contribution is 0.145. The molecule has 0 amide bonds. The Kier molecular flexibility index (Phi) is 8.44. The molecule has 0 fully saturated rings. The fourth-order valence-electron chi connectivity index (χ4n) is 2.45. The summed E-state index contributed by atoms with van der Waals surface area (Å²) in [4.78, 5) is 7.02. The lowest BCUT2D eigenvalue weighted by Gasteiger charge is -2.15. The molecule has 0 aliphatic carbocycles. The van der Waals surface area contributed by atoms with Gasteiger partial charge in [0.25, 0.3) is 0 Å². The van der Waals surface area contributed by atoms with E-state index in [1.807, 2.05) is 11.3 Å². The molecule has 0 aliphatic heterocycles. The summed E-state index contributed by atoms with van der Waals surface area (Å²) < 4.78 is 10.9. The molecule has 0 aliphatic rings. The first-order valence-electron chi connectivity index (χ1n) is 8.89. The van der Waals surface area contributed by atoms with E-state index in [-0.39, 0.29) is 0 Å². The van der Waals surface area contributed by atoms with Crippen LogP contribution >= 0.6 is 11.3 Å². The maximum absolute atomic E-state index is 5.85. The Morgan fingerprint density at radius 3 is 2.54 bits per heavy atom. The molecule has 2 aromatic rings. The van der Waals surface area contributed by atoms with Crippen molar-refractivity contribution in [1.29, 1.82) is 0 Å². The predicted octanol–water partition coefficient (Wildman–Crippen LogP) is 3.51. The van der Waals surface area contributed by atoms with E-state index in [1.54, 1.807) is 14.2 Å². The second kappa shape index (κ2) is 10.8. The molecule has 142 valence electrons. The van der Waals surface area contributed by atoms with Gasteiger partial charge in [-0.05, 0) is 37.1 Å². The van der Waals surface area contributed by atoms with Crippen LogP contribution in [0.2, 0.25) is 0 Å². The van der Waals surface area contributed by atoms with Gasteiger partial charge in [0.05, 0.1) is 13.2 Å². The molecule has 2 N–H and O–H groups in total. The molecule has 1 aromatic carbocycles. The minimum Gasteiger partial charge on any atom is -0.491 e. The number of hydrogen-bond acceptors (Lipinski definition) is 4. The molecule has 0 radical (unpaired) electrons. The van der Waals surface area contributed by atoms with Crippen LogP contribution in [0.25, 0.3) is 0 Å². The van der Waals surface area contributed by atoms with E-state index in [0.717, 1.165) is 30.2 Å². The maximum Gasteiger partial charge on any atom is 0.191 e. The normalized spacial score (nSPS) is 11.5. The van der Waals surface area contributed by atoms with Crippen LogP contribution in [0.15, 0.2) is 35.3 Å². The summed E-state index contributed by atoms with van der Waals surface area (Å²) >= 11 is 1.84. The monoisotopic (exact) mass is 375 g/mol. The van der Waals surface area contributed by atoms with Crippen LogP contribution in [0.5, 0.6) is 5.75 Å². The van der Waals surface area contributed by atoms with Gasteiger partial charge in [-0.25, -0.2) is 0 Å². The van der Waals surface area contributed by atoms with E-state index in [0.29, 0.717) is 19.8 Å². The van der Waals surface area contributed by atoms with Crippen molar-refractivity contribution in [2.75, 3.05) is 27.4 Å². The van der Waals surface area contributed by atoms with Gasteiger partial charge in [-0.3, -0.25) is 4.99 Å². The summed E-state index contributed by atoms with van der Waals surface area (Å²) in [5, 5.41) is 6.72. The van der Waals surface area contributed by atoms with Gasteiger partial charge in [-0.2, -0.15) is 0 Å². The Morgan fingerprint density at radius 2 is 1.85 bits per heavy atom. The third kappa shape index (κ3) is 6.35. The van der Waals surface area contributed by atoms with Crippen LogP contribution in [0.4, 0.5) is 0 Å². The minimum absolute atomic E-state index is 0.540. The fourth-order valence-corrected chi connectivity index (χ4v) is 3.35. The molecular weight excluding hydrogens is 346 g/mol. The second-order valence-electron chi connectivity index (χ2n) is 5.95. The number of rotatable bonds is 9. The predicted molar refractivity (Wildman–Crippen MR) is 109 cm³/mol. The second-order valence-corrected chi connectivity index (χ2v) is 7.21. The molecule has 0 atom stereocenters. The van der Waals surface area contributed by atoms with Crippen molar-refractivity contribution in [3.05, 3.63) is 51.2 Å². The number of nitrogens with zero attached hydrogens (tertiary/aromatic N) is 1. The van der Waals surface area contributed by atoms with Crippen LogP contribution in [-0.4, -0.2) is 33.3 Å². The van der Waals surface area contributed by atoms with Gasteiger partial charge >= 0.3 is 0 Å². The summed E-state index contributed by atoms with van der Waals surface area (Å²) in [6, 6.07) is 10.6. The van der Waals surface area contributed by atoms with Crippen molar-refractivity contribution >= 4 is 17.3 Å². The number of ether oxygens (including phenoxy) is 2. The Labute approximate surface area is 160 Å².